The lowest BCUT2D eigenvalue weighted by molar-refractivity contribution is -0.155. The fraction of sp³-hybridized carbons (Fsp3) is 0.625. The van der Waals surface area contributed by atoms with Crippen LogP contribution in [0.4, 0.5) is 4.79 Å². The van der Waals surface area contributed by atoms with Crippen LogP contribution >= 0.6 is 0 Å². The molecular weight excluding hydrogens is 204 g/mol. The van der Waals surface area contributed by atoms with Gasteiger partial charge in [0.05, 0.1) is 0 Å². The highest BCUT2D eigenvalue weighted by Crippen LogP contribution is 1.89. The first-order chi connectivity index (χ1) is 6.97. The third-order valence-corrected chi connectivity index (χ3v) is 1.37. The highest BCUT2D eigenvalue weighted by Gasteiger charge is 2.15. The summed E-state index contributed by atoms with van der Waals surface area (Å²) in [6.07, 6.45) is -0.699. The molecule has 15 heavy (non-hydrogen) atoms. The van der Waals surface area contributed by atoms with Gasteiger partial charge < -0.3 is 20.1 Å². The Hall–Kier alpha value is -1.79. The largest absolute Gasteiger partial charge is 0.426 e. The van der Waals surface area contributed by atoms with Crippen LogP contribution in [0.15, 0.2) is 0 Å². The monoisotopic (exact) mass is 218 g/mol. The summed E-state index contributed by atoms with van der Waals surface area (Å²) in [5.74, 6) is -1.01. The van der Waals surface area contributed by atoms with Gasteiger partial charge in [0, 0.05) is 14.0 Å². The van der Waals surface area contributed by atoms with Gasteiger partial charge in [-0.05, 0) is 6.92 Å². The molecule has 0 radical (unpaired) electrons. The van der Waals surface area contributed by atoms with E-state index in [1.165, 1.54) is 20.9 Å². The van der Waals surface area contributed by atoms with E-state index in [-0.39, 0.29) is 5.91 Å². The molecule has 0 aliphatic heterocycles. The number of hydrogen-bond donors (Lipinski definition) is 2. The van der Waals surface area contributed by atoms with E-state index in [9.17, 15) is 14.4 Å². The minimum atomic E-state index is -0.768. The summed E-state index contributed by atoms with van der Waals surface area (Å²) in [7, 11) is 1.38. The van der Waals surface area contributed by atoms with E-state index in [1.54, 1.807) is 0 Å². The molecule has 0 aromatic heterocycles. The third kappa shape index (κ3) is 6.30. The third-order valence-electron chi connectivity index (χ3n) is 1.37. The van der Waals surface area contributed by atoms with Gasteiger partial charge in [-0.1, -0.05) is 0 Å². The minimum absolute atomic E-state index is 0.341. The van der Waals surface area contributed by atoms with Crippen molar-refractivity contribution >= 4 is 18.0 Å². The first-order valence-corrected chi connectivity index (χ1v) is 4.25. The molecular formula is C8H14N2O5. The first-order valence-electron chi connectivity index (χ1n) is 4.25. The average Bonchev–Trinajstić information content (AvgIpc) is 2.16. The SMILES string of the molecule is CNC(=O)OCOC(=O)[C@H](C)NC(C)=O. The van der Waals surface area contributed by atoms with Gasteiger partial charge in [0.1, 0.15) is 6.04 Å². The Labute approximate surface area is 87.1 Å². The summed E-state index contributed by atoms with van der Waals surface area (Å²) >= 11 is 0. The van der Waals surface area contributed by atoms with Crippen molar-refractivity contribution in [3.63, 3.8) is 0 Å². The number of amides is 2. The summed E-state index contributed by atoms with van der Waals surface area (Å²) in [5.41, 5.74) is 0. The highest BCUT2D eigenvalue weighted by atomic mass is 16.7. The molecule has 86 valence electrons. The van der Waals surface area contributed by atoms with Gasteiger partial charge in [0.15, 0.2) is 0 Å². The summed E-state index contributed by atoms with van der Waals surface area (Å²) in [6, 6.07) is -0.768. The van der Waals surface area contributed by atoms with Gasteiger partial charge in [-0.3, -0.25) is 4.79 Å². The number of alkyl carbamates (subject to hydrolysis) is 1. The standard InChI is InChI=1S/C8H14N2O5/c1-5(10-6(2)11)7(12)14-4-15-8(13)9-3/h5H,4H2,1-3H3,(H,9,13)(H,10,11)/t5-/m0/s1. The van der Waals surface area contributed by atoms with Crippen molar-refractivity contribution < 1.29 is 23.9 Å². The molecule has 0 bridgehead atoms. The van der Waals surface area contributed by atoms with Crippen LogP contribution in [0.5, 0.6) is 0 Å². The molecule has 2 amide bonds. The van der Waals surface area contributed by atoms with Crippen molar-refractivity contribution in [3.8, 4) is 0 Å². The van der Waals surface area contributed by atoms with Crippen LogP contribution in [0.2, 0.25) is 0 Å². The van der Waals surface area contributed by atoms with E-state index in [4.69, 9.17) is 0 Å². The molecule has 0 spiro atoms. The van der Waals surface area contributed by atoms with Crippen LogP contribution in [0.25, 0.3) is 0 Å². The van der Waals surface area contributed by atoms with Gasteiger partial charge in [-0.2, -0.15) is 0 Å². The minimum Gasteiger partial charge on any atom is -0.426 e. The van der Waals surface area contributed by atoms with Gasteiger partial charge in [-0.15, -0.1) is 0 Å². The Balaban J connectivity index is 3.73. The van der Waals surface area contributed by atoms with Crippen LogP contribution in [0.3, 0.4) is 0 Å². The number of rotatable bonds is 4. The average molecular weight is 218 g/mol. The van der Waals surface area contributed by atoms with E-state index >= 15 is 0 Å². The number of ether oxygens (including phenoxy) is 2. The summed E-state index contributed by atoms with van der Waals surface area (Å²) in [6.45, 7) is 2.26. The normalized spacial score (nSPS) is 11.1. The molecule has 0 saturated carbocycles. The Morgan fingerprint density at radius 2 is 1.87 bits per heavy atom. The second kappa shape index (κ2) is 6.63. The van der Waals surface area contributed by atoms with Crippen molar-refractivity contribution in [2.75, 3.05) is 13.8 Å². The van der Waals surface area contributed by atoms with Gasteiger partial charge in [-0.25, -0.2) is 9.59 Å². The second-order valence-electron chi connectivity index (χ2n) is 2.69. The molecule has 0 unspecified atom stereocenters. The van der Waals surface area contributed by atoms with Crippen molar-refractivity contribution in [2.45, 2.75) is 19.9 Å². The fourth-order valence-corrected chi connectivity index (χ4v) is 0.702. The molecule has 1 atom stereocenters. The molecule has 7 heteroatoms. The molecule has 7 nitrogen and oxygen atoms in total. The lowest BCUT2D eigenvalue weighted by atomic mass is 10.3. The number of hydrogen-bond acceptors (Lipinski definition) is 5. The van der Waals surface area contributed by atoms with Gasteiger partial charge in [0.2, 0.25) is 12.7 Å². The number of esters is 1. The molecule has 2 N–H and O–H groups in total. The topological polar surface area (TPSA) is 93.7 Å². The van der Waals surface area contributed by atoms with Gasteiger partial charge in [0.25, 0.3) is 0 Å². The molecule has 0 heterocycles. The summed E-state index contributed by atoms with van der Waals surface area (Å²) < 4.78 is 8.95. The zero-order valence-corrected chi connectivity index (χ0v) is 8.83. The molecule has 0 aliphatic rings. The van der Waals surface area contributed by atoms with Crippen molar-refractivity contribution in [1.82, 2.24) is 10.6 Å². The summed E-state index contributed by atoms with van der Waals surface area (Å²) in [5, 5.41) is 4.50. The predicted molar refractivity (Wildman–Crippen MR) is 49.8 cm³/mol. The maximum Gasteiger partial charge on any atom is 0.409 e. The van der Waals surface area contributed by atoms with Crippen molar-refractivity contribution in [1.29, 1.82) is 0 Å². The zero-order chi connectivity index (χ0) is 11.8. The predicted octanol–water partition coefficient (Wildman–Crippen LogP) is -0.632. The Bertz CT molecular complexity index is 253. The van der Waals surface area contributed by atoms with Crippen LogP contribution in [-0.4, -0.2) is 37.9 Å². The quantitative estimate of drug-likeness (QED) is 0.484. The van der Waals surface area contributed by atoms with E-state index in [0.29, 0.717) is 0 Å². The zero-order valence-electron chi connectivity index (χ0n) is 8.83. The molecule has 0 rings (SSSR count). The second-order valence-corrected chi connectivity index (χ2v) is 2.69. The smallest absolute Gasteiger partial charge is 0.409 e. The number of nitrogens with one attached hydrogen (secondary N) is 2. The number of carbonyl (C=O) groups excluding carboxylic acids is 3. The van der Waals surface area contributed by atoms with E-state index in [0.717, 1.165) is 0 Å². The van der Waals surface area contributed by atoms with E-state index in [2.05, 4.69) is 20.1 Å². The highest BCUT2D eigenvalue weighted by molar-refractivity contribution is 5.82. The van der Waals surface area contributed by atoms with Crippen LogP contribution < -0.4 is 10.6 Å². The molecule has 0 aromatic carbocycles. The lowest BCUT2D eigenvalue weighted by Gasteiger charge is -2.11. The van der Waals surface area contributed by atoms with Gasteiger partial charge >= 0.3 is 12.1 Å². The molecule has 0 aliphatic carbocycles. The van der Waals surface area contributed by atoms with E-state index in [1.807, 2.05) is 0 Å². The van der Waals surface area contributed by atoms with Crippen LogP contribution in [-0.2, 0) is 19.1 Å². The maximum absolute atomic E-state index is 11.1. The maximum atomic E-state index is 11.1. The van der Waals surface area contributed by atoms with Crippen LogP contribution in [0, 0.1) is 0 Å². The van der Waals surface area contributed by atoms with Crippen molar-refractivity contribution in [2.24, 2.45) is 0 Å². The fourth-order valence-electron chi connectivity index (χ4n) is 0.702. The Morgan fingerprint density at radius 1 is 1.27 bits per heavy atom. The Morgan fingerprint density at radius 3 is 2.33 bits per heavy atom. The molecule has 0 fully saturated rings. The van der Waals surface area contributed by atoms with Crippen molar-refractivity contribution in [3.05, 3.63) is 0 Å². The number of carbonyl (C=O) groups is 3. The Kier molecular flexibility index (Phi) is 5.84. The molecule has 0 aromatic rings. The molecule has 0 saturated heterocycles. The summed E-state index contributed by atoms with van der Waals surface area (Å²) in [4.78, 5) is 32.2. The first kappa shape index (κ1) is 13.2. The van der Waals surface area contributed by atoms with E-state index < -0.39 is 24.9 Å². The van der Waals surface area contributed by atoms with Crippen LogP contribution in [0.1, 0.15) is 13.8 Å². The lowest BCUT2D eigenvalue weighted by Crippen LogP contribution is -2.38.